The van der Waals surface area contributed by atoms with Gasteiger partial charge in [0.15, 0.2) is 0 Å². The number of carbonyl (C=O) groups excluding carboxylic acids is 2. The standard InChI is InChI=1S/C16H20N2O4/c1-10(19)17-14(11-5-2-3-6-11)15(20)18-13-8-4-7-12(9-13)16(21)22/h4,7-9,11,14H,2-3,5-6H2,1H3,(H,17,19)(H,18,20)(H,21,22). The molecule has 6 heteroatoms. The second-order valence-electron chi connectivity index (χ2n) is 5.60. The van der Waals surface area contributed by atoms with Crippen molar-refractivity contribution in [3.05, 3.63) is 29.8 Å². The molecule has 118 valence electrons. The second-order valence-corrected chi connectivity index (χ2v) is 5.60. The Labute approximate surface area is 128 Å². The molecule has 1 aliphatic rings. The number of nitrogens with one attached hydrogen (secondary N) is 2. The molecule has 1 aromatic rings. The van der Waals surface area contributed by atoms with E-state index in [9.17, 15) is 14.4 Å². The van der Waals surface area contributed by atoms with Crippen molar-refractivity contribution in [2.45, 2.75) is 38.6 Å². The number of aromatic carboxylic acids is 1. The number of carboxylic acids is 1. The van der Waals surface area contributed by atoms with Gasteiger partial charge in [-0.05, 0) is 37.0 Å². The second kappa shape index (κ2) is 7.06. The van der Waals surface area contributed by atoms with Gasteiger partial charge in [-0.3, -0.25) is 9.59 Å². The predicted molar refractivity (Wildman–Crippen MR) is 81.6 cm³/mol. The van der Waals surface area contributed by atoms with Crippen LogP contribution >= 0.6 is 0 Å². The molecule has 1 unspecified atom stereocenters. The van der Waals surface area contributed by atoms with Gasteiger partial charge in [0, 0.05) is 12.6 Å². The third kappa shape index (κ3) is 4.07. The maximum absolute atomic E-state index is 12.4. The molecule has 6 nitrogen and oxygen atoms in total. The summed E-state index contributed by atoms with van der Waals surface area (Å²) in [4.78, 5) is 34.7. The van der Waals surface area contributed by atoms with Crippen LogP contribution in [0.2, 0.25) is 0 Å². The summed E-state index contributed by atoms with van der Waals surface area (Å²) in [5, 5.41) is 14.4. The average molecular weight is 304 g/mol. The molecule has 1 atom stereocenters. The normalized spacial score (nSPS) is 16.0. The van der Waals surface area contributed by atoms with Gasteiger partial charge >= 0.3 is 5.97 Å². The van der Waals surface area contributed by atoms with Gasteiger partial charge in [-0.1, -0.05) is 18.9 Å². The van der Waals surface area contributed by atoms with Crippen LogP contribution in [0.3, 0.4) is 0 Å². The molecule has 1 saturated carbocycles. The molecule has 0 bridgehead atoms. The number of anilines is 1. The van der Waals surface area contributed by atoms with Crippen molar-refractivity contribution in [2.75, 3.05) is 5.32 Å². The summed E-state index contributed by atoms with van der Waals surface area (Å²) < 4.78 is 0. The minimum atomic E-state index is -1.05. The largest absolute Gasteiger partial charge is 0.478 e. The molecule has 3 N–H and O–H groups in total. The first-order chi connectivity index (χ1) is 10.5. The van der Waals surface area contributed by atoms with Crippen molar-refractivity contribution in [3.63, 3.8) is 0 Å². The van der Waals surface area contributed by atoms with Crippen molar-refractivity contribution in [2.24, 2.45) is 5.92 Å². The number of benzene rings is 1. The van der Waals surface area contributed by atoms with E-state index in [1.54, 1.807) is 12.1 Å². The number of carboxylic acid groups (broad SMARTS) is 1. The first-order valence-electron chi connectivity index (χ1n) is 7.38. The van der Waals surface area contributed by atoms with Crippen LogP contribution in [0.5, 0.6) is 0 Å². The van der Waals surface area contributed by atoms with Crippen molar-refractivity contribution >= 4 is 23.5 Å². The van der Waals surface area contributed by atoms with E-state index in [1.165, 1.54) is 19.1 Å². The summed E-state index contributed by atoms with van der Waals surface area (Å²) in [6, 6.07) is 5.49. The zero-order chi connectivity index (χ0) is 16.1. The van der Waals surface area contributed by atoms with Crippen LogP contribution in [-0.4, -0.2) is 28.9 Å². The van der Waals surface area contributed by atoms with Gasteiger partial charge in [0.05, 0.1) is 5.56 Å². The van der Waals surface area contributed by atoms with E-state index in [4.69, 9.17) is 5.11 Å². The maximum atomic E-state index is 12.4. The van der Waals surface area contributed by atoms with E-state index in [1.807, 2.05) is 0 Å². The van der Waals surface area contributed by atoms with Crippen LogP contribution in [0.1, 0.15) is 43.0 Å². The van der Waals surface area contributed by atoms with Crippen molar-refractivity contribution in [1.29, 1.82) is 0 Å². The number of amides is 2. The third-order valence-electron chi connectivity index (χ3n) is 3.89. The molecule has 0 spiro atoms. The van der Waals surface area contributed by atoms with Gasteiger partial charge < -0.3 is 15.7 Å². The minimum absolute atomic E-state index is 0.106. The zero-order valence-corrected chi connectivity index (χ0v) is 12.5. The van der Waals surface area contributed by atoms with Crippen LogP contribution in [0.15, 0.2) is 24.3 Å². The topological polar surface area (TPSA) is 95.5 Å². The Kier molecular flexibility index (Phi) is 5.14. The van der Waals surface area contributed by atoms with Crippen molar-refractivity contribution in [3.8, 4) is 0 Å². The van der Waals surface area contributed by atoms with Crippen molar-refractivity contribution in [1.82, 2.24) is 5.32 Å². The molecule has 0 heterocycles. The maximum Gasteiger partial charge on any atom is 0.335 e. The van der Waals surface area contributed by atoms with E-state index in [-0.39, 0.29) is 23.3 Å². The van der Waals surface area contributed by atoms with Crippen LogP contribution in [-0.2, 0) is 9.59 Å². The summed E-state index contributed by atoms with van der Waals surface area (Å²) in [6.07, 6.45) is 3.94. The fraction of sp³-hybridized carbons (Fsp3) is 0.438. The van der Waals surface area contributed by atoms with Gasteiger partial charge in [-0.15, -0.1) is 0 Å². The van der Waals surface area contributed by atoms with Crippen LogP contribution < -0.4 is 10.6 Å². The third-order valence-corrected chi connectivity index (χ3v) is 3.89. The number of rotatable bonds is 5. The molecule has 0 aliphatic heterocycles. The van der Waals surface area contributed by atoms with Gasteiger partial charge in [0.25, 0.3) is 0 Å². The summed E-state index contributed by atoms with van der Waals surface area (Å²) in [5.74, 6) is -1.46. The smallest absolute Gasteiger partial charge is 0.335 e. The van der Waals surface area contributed by atoms with E-state index in [0.717, 1.165) is 25.7 Å². The summed E-state index contributed by atoms with van der Waals surface area (Å²) >= 11 is 0. The lowest BCUT2D eigenvalue weighted by molar-refractivity contribution is -0.126. The number of carbonyl (C=O) groups is 3. The molecular formula is C16H20N2O4. The quantitative estimate of drug-likeness (QED) is 0.775. The molecule has 1 aliphatic carbocycles. The molecule has 1 aromatic carbocycles. The summed E-state index contributed by atoms with van der Waals surface area (Å²) in [6.45, 7) is 1.39. The Morgan fingerprint density at radius 2 is 1.91 bits per heavy atom. The van der Waals surface area contributed by atoms with Gasteiger partial charge in [-0.2, -0.15) is 0 Å². The monoisotopic (exact) mass is 304 g/mol. The highest BCUT2D eigenvalue weighted by Gasteiger charge is 2.31. The van der Waals surface area contributed by atoms with E-state index in [2.05, 4.69) is 10.6 Å². The molecule has 0 aromatic heterocycles. The van der Waals surface area contributed by atoms with Crippen LogP contribution in [0.25, 0.3) is 0 Å². The first-order valence-corrected chi connectivity index (χ1v) is 7.38. The average Bonchev–Trinajstić information content (AvgIpc) is 2.98. The molecule has 0 radical (unpaired) electrons. The lowest BCUT2D eigenvalue weighted by Crippen LogP contribution is -2.47. The molecule has 0 saturated heterocycles. The lowest BCUT2D eigenvalue weighted by atomic mass is 9.97. The molecular weight excluding hydrogens is 284 g/mol. The Balaban J connectivity index is 2.11. The Morgan fingerprint density at radius 1 is 1.23 bits per heavy atom. The number of hydrogen-bond acceptors (Lipinski definition) is 3. The van der Waals surface area contributed by atoms with Crippen LogP contribution in [0, 0.1) is 5.92 Å². The fourth-order valence-corrected chi connectivity index (χ4v) is 2.86. The van der Waals surface area contributed by atoms with Gasteiger partial charge in [0.1, 0.15) is 6.04 Å². The summed E-state index contributed by atoms with van der Waals surface area (Å²) in [5.41, 5.74) is 0.521. The highest BCUT2D eigenvalue weighted by atomic mass is 16.4. The molecule has 2 rings (SSSR count). The number of hydrogen-bond donors (Lipinski definition) is 3. The SMILES string of the molecule is CC(=O)NC(C(=O)Nc1cccc(C(=O)O)c1)C1CCCC1. The highest BCUT2D eigenvalue weighted by molar-refractivity contribution is 5.98. The van der Waals surface area contributed by atoms with E-state index >= 15 is 0 Å². The first kappa shape index (κ1) is 16.0. The van der Waals surface area contributed by atoms with Crippen molar-refractivity contribution < 1.29 is 19.5 Å². The molecule has 22 heavy (non-hydrogen) atoms. The van der Waals surface area contributed by atoms with Crippen LogP contribution in [0.4, 0.5) is 5.69 Å². The lowest BCUT2D eigenvalue weighted by Gasteiger charge is -2.23. The van der Waals surface area contributed by atoms with E-state index in [0.29, 0.717) is 5.69 Å². The predicted octanol–water partition coefficient (Wildman–Crippen LogP) is 2.02. The molecule has 1 fully saturated rings. The van der Waals surface area contributed by atoms with Gasteiger partial charge in [0.2, 0.25) is 11.8 Å². The van der Waals surface area contributed by atoms with E-state index < -0.39 is 12.0 Å². The Hall–Kier alpha value is -2.37. The van der Waals surface area contributed by atoms with Gasteiger partial charge in [-0.25, -0.2) is 4.79 Å². The fourth-order valence-electron chi connectivity index (χ4n) is 2.86. The minimum Gasteiger partial charge on any atom is -0.478 e. The molecule has 2 amide bonds. The Morgan fingerprint density at radius 3 is 2.50 bits per heavy atom. The highest BCUT2D eigenvalue weighted by Crippen LogP contribution is 2.28. The Bertz CT molecular complexity index is 579. The zero-order valence-electron chi connectivity index (χ0n) is 12.5. The summed E-state index contributed by atoms with van der Waals surface area (Å²) in [7, 11) is 0.